The van der Waals surface area contributed by atoms with E-state index in [-0.39, 0.29) is 0 Å². The van der Waals surface area contributed by atoms with E-state index in [1.54, 1.807) is 24.0 Å². The maximum Gasteiger partial charge on any atom is 0.114 e. The van der Waals surface area contributed by atoms with E-state index in [0.29, 0.717) is 16.5 Å². The normalized spacial score (nSPS) is 16.9. The quantitative estimate of drug-likeness (QED) is 0.846. The molecule has 0 spiro atoms. The first-order chi connectivity index (χ1) is 7.79. The highest BCUT2D eigenvalue weighted by Crippen LogP contribution is 2.30. The third-order valence-corrected chi connectivity index (χ3v) is 3.79. The van der Waals surface area contributed by atoms with Crippen LogP contribution in [-0.2, 0) is 4.74 Å². The van der Waals surface area contributed by atoms with Crippen LogP contribution in [0, 0.1) is 11.3 Å². The number of thioether (sulfide) groups is 1. The molecule has 0 atom stereocenters. The third kappa shape index (κ3) is 2.65. The highest BCUT2D eigenvalue weighted by molar-refractivity contribution is 7.99. The monoisotopic (exact) mass is 235 g/mol. The van der Waals surface area contributed by atoms with Crippen molar-refractivity contribution in [3.63, 3.8) is 0 Å². The first kappa shape index (κ1) is 11.2. The Labute approximate surface area is 98.8 Å². The summed E-state index contributed by atoms with van der Waals surface area (Å²) in [6, 6.07) is 3.81. The van der Waals surface area contributed by atoms with Gasteiger partial charge in [0.15, 0.2) is 0 Å². The van der Waals surface area contributed by atoms with Crippen molar-refractivity contribution in [2.75, 3.05) is 18.9 Å². The second-order valence-corrected chi connectivity index (χ2v) is 4.95. The number of rotatable bonds is 2. The highest BCUT2D eigenvalue weighted by atomic mass is 32.2. The molecule has 1 fully saturated rings. The van der Waals surface area contributed by atoms with E-state index in [9.17, 15) is 0 Å². The maximum atomic E-state index is 8.99. The maximum absolute atomic E-state index is 8.99. The van der Waals surface area contributed by atoms with Crippen LogP contribution in [0.25, 0.3) is 0 Å². The van der Waals surface area contributed by atoms with Crippen molar-refractivity contribution in [3.05, 3.63) is 17.8 Å². The molecule has 4 nitrogen and oxygen atoms in total. The minimum Gasteiger partial charge on any atom is -0.397 e. The smallest absolute Gasteiger partial charge is 0.114 e. The number of nitriles is 1. The van der Waals surface area contributed by atoms with Crippen LogP contribution in [-0.4, -0.2) is 23.4 Å². The fourth-order valence-electron chi connectivity index (χ4n) is 1.59. The molecule has 84 valence electrons. The van der Waals surface area contributed by atoms with Gasteiger partial charge in [0, 0.05) is 18.5 Å². The van der Waals surface area contributed by atoms with Gasteiger partial charge in [-0.3, -0.25) is 0 Å². The molecular weight excluding hydrogens is 222 g/mol. The molecule has 2 N–H and O–H groups in total. The fourth-order valence-corrected chi connectivity index (χ4v) is 2.68. The summed E-state index contributed by atoms with van der Waals surface area (Å²) in [6.07, 6.45) is 3.63. The van der Waals surface area contributed by atoms with Crippen LogP contribution in [0.4, 0.5) is 5.69 Å². The Morgan fingerprint density at radius 3 is 2.94 bits per heavy atom. The molecule has 0 amide bonds. The first-order valence-corrected chi connectivity index (χ1v) is 6.07. The Kier molecular flexibility index (Phi) is 3.65. The summed E-state index contributed by atoms with van der Waals surface area (Å²) in [5.74, 6) is 0. The lowest BCUT2D eigenvalue weighted by Crippen LogP contribution is -2.17. The molecule has 2 rings (SSSR count). The van der Waals surface area contributed by atoms with E-state index < -0.39 is 0 Å². The van der Waals surface area contributed by atoms with Crippen LogP contribution in [0.15, 0.2) is 17.3 Å². The summed E-state index contributed by atoms with van der Waals surface area (Å²) in [6.45, 7) is 1.60. The number of anilines is 1. The van der Waals surface area contributed by atoms with Gasteiger partial charge in [-0.15, -0.1) is 11.8 Å². The van der Waals surface area contributed by atoms with Crippen molar-refractivity contribution in [3.8, 4) is 6.07 Å². The van der Waals surface area contributed by atoms with E-state index in [4.69, 9.17) is 15.7 Å². The lowest BCUT2D eigenvalue weighted by Gasteiger charge is -2.21. The van der Waals surface area contributed by atoms with Crippen molar-refractivity contribution < 1.29 is 4.74 Å². The summed E-state index contributed by atoms with van der Waals surface area (Å²) in [7, 11) is 0. The Bertz CT molecular complexity index is 410. The lowest BCUT2D eigenvalue weighted by atomic mass is 10.2. The largest absolute Gasteiger partial charge is 0.397 e. The summed E-state index contributed by atoms with van der Waals surface area (Å²) < 4.78 is 5.29. The van der Waals surface area contributed by atoms with E-state index in [2.05, 4.69) is 11.1 Å². The van der Waals surface area contributed by atoms with Gasteiger partial charge in [0.2, 0.25) is 0 Å². The van der Waals surface area contributed by atoms with Crippen LogP contribution >= 0.6 is 11.8 Å². The molecule has 0 unspecified atom stereocenters. The van der Waals surface area contributed by atoms with Crippen molar-refractivity contribution in [1.29, 1.82) is 5.26 Å². The van der Waals surface area contributed by atoms with Gasteiger partial charge in [0.05, 0.1) is 17.4 Å². The van der Waals surface area contributed by atoms with Gasteiger partial charge in [0.1, 0.15) is 11.1 Å². The Balaban J connectivity index is 2.11. The average Bonchev–Trinajstić information content (AvgIpc) is 2.33. The summed E-state index contributed by atoms with van der Waals surface area (Å²) >= 11 is 1.66. The van der Waals surface area contributed by atoms with Crippen molar-refractivity contribution in [1.82, 2.24) is 4.98 Å². The molecule has 1 aliphatic heterocycles. The van der Waals surface area contributed by atoms with Crippen LogP contribution in [0.2, 0.25) is 0 Å². The Hall–Kier alpha value is -1.25. The molecule has 1 saturated heterocycles. The lowest BCUT2D eigenvalue weighted by molar-refractivity contribution is 0.1000. The minimum absolute atomic E-state index is 0.497. The summed E-state index contributed by atoms with van der Waals surface area (Å²) in [5.41, 5.74) is 6.69. The highest BCUT2D eigenvalue weighted by Gasteiger charge is 2.17. The topological polar surface area (TPSA) is 71.9 Å². The van der Waals surface area contributed by atoms with Gasteiger partial charge in [0.25, 0.3) is 0 Å². The number of hydrogen-bond donors (Lipinski definition) is 1. The van der Waals surface area contributed by atoms with Crippen molar-refractivity contribution in [2.45, 2.75) is 23.1 Å². The van der Waals surface area contributed by atoms with Gasteiger partial charge in [-0.1, -0.05) is 0 Å². The van der Waals surface area contributed by atoms with Gasteiger partial charge in [-0.05, 0) is 18.9 Å². The number of nitrogens with two attached hydrogens (primary N) is 1. The van der Waals surface area contributed by atoms with E-state index in [1.807, 2.05) is 0 Å². The summed E-state index contributed by atoms with van der Waals surface area (Å²) in [4.78, 5) is 4.22. The molecule has 0 aromatic carbocycles. The molecule has 0 radical (unpaired) electrons. The van der Waals surface area contributed by atoms with Gasteiger partial charge in [-0.2, -0.15) is 5.26 Å². The Morgan fingerprint density at radius 2 is 2.25 bits per heavy atom. The number of aromatic nitrogens is 1. The average molecular weight is 235 g/mol. The van der Waals surface area contributed by atoms with Gasteiger partial charge < -0.3 is 10.5 Å². The van der Waals surface area contributed by atoms with E-state index in [0.717, 1.165) is 31.1 Å². The number of hydrogen-bond acceptors (Lipinski definition) is 5. The first-order valence-electron chi connectivity index (χ1n) is 5.19. The summed E-state index contributed by atoms with van der Waals surface area (Å²) in [5, 5.41) is 10.3. The zero-order chi connectivity index (χ0) is 11.4. The van der Waals surface area contributed by atoms with Crippen molar-refractivity contribution in [2.24, 2.45) is 0 Å². The predicted molar refractivity (Wildman–Crippen MR) is 63.1 cm³/mol. The van der Waals surface area contributed by atoms with Crippen LogP contribution in [0.1, 0.15) is 18.4 Å². The second-order valence-electron chi connectivity index (χ2n) is 3.66. The molecule has 0 saturated carbocycles. The zero-order valence-corrected chi connectivity index (χ0v) is 9.67. The van der Waals surface area contributed by atoms with E-state index in [1.165, 1.54) is 0 Å². The van der Waals surface area contributed by atoms with Crippen molar-refractivity contribution >= 4 is 17.4 Å². The molecule has 1 aromatic rings. The molecule has 5 heteroatoms. The van der Waals surface area contributed by atoms with Crippen LogP contribution in [0.5, 0.6) is 0 Å². The van der Waals surface area contributed by atoms with Gasteiger partial charge >= 0.3 is 0 Å². The predicted octanol–water partition coefficient (Wildman–Crippen LogP) is 1.81. The standard InChI is InChI=1S/C11H13N3OS/c12-6-8-5-9(13)7-14-11(8)16-10-1-3-15-4-2-10/h5,7,10H,1-4,13H2. The second kappa shape index (κ2) is 5.19. The molecule has 1 aromatic heterocycles. The van der Waals surface area contributed by atoms with Crippen LogP contribution < -0.4 is 5.73 Å². The number of nitrogen functional groups attached to an aromatic ring is 1. The number of ether oxygens (including phenoxy) is 1. The molecule has 2 heterocycles. The fraction of sp³-hybridized carbons (Fsp3) is 0.455. The molecule has 0 aliphatic carbocycles. The SMILES string of the molecule is N#Cc1cc(N)cnc1SC1CCOCC1. The van der Waals surface area contributed by atoms with Crippen LogP contribution in [0.3, 0.4) is 0 Å². The number of pyridine rings is 1. The third-order valence-electron chi connectivity index (χ3n) is 2.44. The molecule has 1 aliphatic rings. The molecular formula is C11H13N3OS. The minimum atomic E-state index is 0.497. The van der Waals surface area contributed by atoms with E-state index >= 15 is 0 Å². The molecule has 0 bridgehead atoms. The zero-order valence-electron chi connectivity index (χ0n) is 8.85. The number of nitrogens with zero attached hydrogens (tertiary/aromatic N) is 2. The molecule has 16 heavy (non-hydrogen) atoms. The van der Waals surface area contributed by atoms with Gasteiger partial charge in [-0.25, -0.2) is 4.98 Å². The Morgan fingerprint density at radius 1 is 1.50 bits per heavy atom.